The zero-order valence-electron chi connectivity index (χ0n) is 14.5. The van der Waals surface area contributed by atoms with Crippen LogP contribution < -0.4 is 9.94 Å². The second-order valence-electron chi connectivity index (χ2n) is 5.53. The van der Waals surface area contributed by atoms with Crippen molar-refractivity contribution in [3.05, 3.63) is 39.5 Å². The van der Waals surface area contributed by atoms with Crippen molar-refractivity contribution in [2.75, 3.05) is 13.2 Å². The summed E-state index contributed by atoms with van der Waals surface area (Å²) in [7, 11) is -7.85. The topological polar surface area (TPSA) is 121 Å². The Morgan fingerprint density at radius 2 is 1.93 bits per heavy atom. The Bertz CT molecular complexity index is 1290. The van der Waals surface area contributed by atoms with E-state index >= 15 is 0 Å². The van der Waals surface area contributed by atoms with E-state index in [-0.39, 0.29) is 13.9 Å². The average molecular weight is 482 g/mol. The molecule has 0 saturated heterocycles. The minimum absolute atomic E-state index is 0.0246. The molecule has 0 unspecified atom stereocenters. The molecule has 0 aliphatic rings. The van der Waals surface area contributed by atoms with E-state index in [9.17, 15) is 16.8 Å². The second kappa shape index (κ2) is 8.22. The van der Waals surface area contributed by atoms with Crippen LogP contribution in [-0.4, -0.2) is 34.6 Å². The summed E-state index contributed by atoms with van der Waals surface area (Å²) in [6.45, 7) is 3.06. The summed E-state index contributed by atoms with van der Waals surface area (Å²) in [5.41, 5.74) is 0.635. The molecule has 0 spiro atoms. The van der Waals surface area contributed by atoms with Crippen LogP contribution in [0.25, 0.3) is 10.2 Å². The third kappa shape index (κ3) is 4.64. The van der Waals surface area contributed by atoms with Gasteiger partial charge < -0.3 is 9.30 Å². The molecule has 2 aromatic heterocycles. The predicted molar refractivity (Wildman–Crippen MR) is 110 cm³/mol. The average Bonchev–Trinajstić information content (AvgIpc) is 3.18. The molecule has 2 N–H and O–H groups in total. The Labute approximate surface area is 175 Å². The maximum absolute atomic E-state index is 12.6. The zero-order chi connectivity index (χ0) is 20.5. The van der Waals surface area contributed by atoms with Gasteiger partial charge in [0.1, 0.15) is 4.21 Å². The van der Waals surface area contributed by atoms with E-state index in [4.69, 9.17) is 21.5 Å². The Balaban J connectivity index is 2.20. The lowest BCUT2D eigenvalue weighted by Crippen LogP contribution is -2.19. The van der Waals surface area contributed by atoms with Crippen molar-refractivity contribution >= 4 is 64.5 Å². The number of ether oxygens (including phenoxy) is 1. The molecule has 0 atom stereocenters. The third-order valence-electron chi connectivity index (χ3n) is 3.65. The lowest BCUT2D eigenvalue weighted by molar-refractivity contribution is 0.139. The van der Waals surface area contributed by atoms with Gasteiger partial charge in [-0.3, -0.25) is 0 Å². The van der Waals surface area contributed by atoms with Crippen LogP contribution >= 0.6 is 34.3 Å². The van der Waals surface area contributed by atoms with E-state index in [0.29, 0.717) is 34.3 Å². The van der Waals surface area contributed by atoms with Crippen molar-refractivity contribution in [2.24, 2.45) is 9.54 Å². The molecule has 0 saturated carbocycles. The fourth-order valence-electron chi connectivity index (χ4n) is 2.40. The Kier molecular flexibility index (Phi) is 6.29. The number of primary sulfonamides is 1. The van der Waals surface area contributed by atoms with Gasteiger partial charge in [0, 0.05) is 13.2 Å². The van der Waals surface area contributed by atoms with Crippen molar-refractivity contribution in [3.8, 4) is 0 Å². The number of sulfonamides is 2. The number of benzene rings is 1. The molecular weight excluding hydrogens is 466 g/mol. The van der Waals surface area contributed by atoms with Gasteiger partial charge in [0.25, 0.3) is 10.0 Å². The summed E-state index contributed by atoms with van der Waals surface area (Å²) in [6, 6.07) is 7.23. The highest BCUT2D eigenvalue weighted by molar-refractivity contribution is 7.92. The highest BCUT2D eigenvalue weighted by Crippen LogP contribution is 2.27. The Morgan fingerprint density at radius 1 is 1.18 bits per heavy atom. The van der Waals surface area contributed by atoms with E-state index in [1.807, 2.05) is 6.92 Å². The summed E-state index contributed by atoms with van der Waals surface area (Å²) >= 11 is 7.80. The van der Waals surface area contributed by atoms with Crippen LogP contribution in [0, 0.1) is 0 Å². The van der Waals surface area contributed by atoms with Gasteiger partial charge in [-0.2, -0.15) is 8.42 Å². The first-order chi connectivity index (χ1) is 13.1. The second-order valence-corrected chi connectivity index (χ2v) is 11.6. The number of halogens is 1. The molecular formula is C15H16ClN3O5S4. The Hall–Kier alpha value is -1.28. The van der Waals surface area contributed by atoms with Gasteiger partial charge in [-0.15, -0.1) is 15.7 Å². The minimum atomic E-state index is -3.97. The number of fused-ring (bicyclic) bond motifs is 1. The fourth-order valence-corrected chi connectivity index (χ4v) is 6.77. The number of nitrogens with zero attached hydrogens (tertiary/aromatic N) is 2. The third-order valence-corrected chi connectivity index (χ3v) is 8.68. The van der Waals surface area contributed by atoms with Gasteiger partial charge in [0.05, 0.1) is 26.1 Å². The number of thiazole rings is 1. The van der Waals surface area contributed by atoms with Gasteiger partial charge in [-0.05, 0) is 37.3 Å². The summed E-state index contributed by atoms with van der Waals surface area (Å²) in [6.07, 6.45) is 0. The molecule has 0 radical (unpaired) electrons. The fraction of sp³-hybridized carbons (Fsp3) is 0.267. The highest BCUT2D eigenvalue weighted by Gasteiger charge is 2.18. The molecule has 152 valence electrons. The van der Waals surface area contributed by atoms with Crippen molar-refractivity contribution in [1.82, 2.24) is 4.57 Å². The number of rotatable bonds is 7. The van der Waals surface area contributed by atoms with Crippen LogP contribution in [0.2, 0.25) is 4.34 Å². The summed E-state index contributed by atoms with van der Waals surface area (Å²) in [4.78, 5) is 0.142. The number of aromatic nitrogens is 1. The van der Waals surface area contributed by atoms with Gasteiger partial charge in [0.2, 0.25) is 14.8 Å². The summed E-state index contributed by atoms with van der Waals surface area (Å²) in [5.74, 6) is 0. The minimum Gasteiger partial charge on any atom is -0.380 e. The van der Waals surface area contributed by atoms with Gasteiger partial charge in [-0.1, -0.05) is 22.9 Å². The normalized spacial score (nSPS) is 13.5. The lowest BCUT2D eigenvalue weighted by atomic mass is 10.3. The first-order valence-corrected chi connectivity index (χ1v) is 12.9. The maximum Gasteiger partial charge on any atom is 0.294 e. The van der Waals surface area contributed by atoms with Crippen molar-refractivity contribution in [3.63, 3.8) is 0 Å². The summed E-state index contributed by atoms with van der Waals surface area (Å²) < 4.78 is 60.4. The van der Waals surface area contributed by atoms with Crippen LogP contribution in [0.5, 0.6) is 0 Å². The summed E-state index contributed by atoms with van der Waals surface area (Å²) in [5, 5.41) is 5.19. The van der Waals surface area contributed by atoms with E-state index in [1.54, 1.807) is 10.6 Å². The van der Waals surface area contributed by atoms with Crippen LogP contribution in [-0.2, 0) is 31.3 Å². The van der Waals surface area contributed by atoms with Gasteiger partial charge in [0.15, 0.2) is 0 Å². The van der Waals surface area contributed by atoms with Crippen LogP contribution in [0.15, 0.2) is 43.8 Å². The van der Waals surface area contributed by atoms with E-state index < -0.39 is 20.0 Å². The van der Waals surface area contributed by atoms with Gasteiger partial charge in [-0.25, -0.2) is 13.6 Å². The smallest absolute Gasteiger partial charge is 0.294 e. The molecule has 1 aromatic carbocycles. The molecule has 28 heavy (non-hydrogen) atoms. The molecule has 0 amide bonds. The molecule has 0 bridgehead atoms. The lowest BCUT2D eigenvalue weighted by Gasteiger charge is -2.06. The van der Waals surface area contributed by atoms with Gasteiger partial charge >= 0.3 is 0 Å². The molecule has 0 fully saturated rings. The predicted octanol–water partition coefficient (Wildman–Crippen LogP) is 2.39. The first-order valence-electron chi connectivity index (χ1n) is 7.92. The molecule has 3 rings (SSSR count). The molecule has 13 heteroatoms. The largest absolute Gasteiger partial charge is 0.380 e. The standard InChI is InChI=1S/C15H16ClN3O5S4/c1-2-24-8-7-19-11-4-3-10(27(17,20)21)9-12(11)25-15(19)18-28(22,23)14-6-5-13(16)26-14/h3-6,9H,2,7-8H2,1H3,(H2,17,20,21). The van der Waals surface area contributed by atoms with E-state index in [0.717, 1.165) is 22.7 Å². The number of thiophene rings is 1. The number of hydrogen-bond donors (Lipinski definition) is 1. The Morgan fingerprint density at radius 3 is 2.54 bits per heavy atom. The van der Waals surface area contributed by atoms with Crippen LogP contribution in [0.4, 0.5) is 0 Å². The molecule has 0 aliphatic carbocycles. The molecule has 3 aromatic rings. The van der Waals surface area contributed by atoms with E-state index in [1.165, 1.54) is 24.3 Å². The molecule has 2 heterocycles. The van der Waals surface area contributed by atoms with Crippen molar-refractivity contribution in [1.29, 1.82) is 0 Å². The number of hydrogen-bond acceptors (Lipinski definition) is 7. The molecule has 8 nitrogen and oxygen atoms in total. The van der Waals surface area contributed by atoms with Crippen molar-refractivity contribution < 1.29 is 21.6 Å². The highest BCUT2D eigenvalue weighted by atomic mass is 35.5. The maximum atomic E-state index is 12.6. The molecule has 0 aliphatic heterocycles. The van der Waals surface area contributed by atoms with E-state index in [2.05, 4.69) is 4.40 Å². The quantitative estimate of drug-likeness (QED) is 0.519. The van der Waals surface area contributed by atoms with Crippen molar-refractivity contribution in [2.45, 2.75) is 22.6 Å². The zero-order valence-corrected chi connectivity index (χ0v) is 18.6. The number of nitrogens with two attached hydrogens (primary N) is 1. The van der Waals surface area contributed by atoms with Crippen LogP contribution in [0.3, 0.4) is 0 Å². The SMILES string of the molecule is CCOCCn1c(=NS(=O)(=O)c2ccc(Cl)s2)sc2cc(S(N)(=O)=O)ccc21. The monoisotopic (exact) mass is 481 g/mol. The van der Waals surface area contributed by atoms with Crippen LogP contribution in [0.1, 0.15) is 6.92 Å². The first kappa shape index (κ1) is 21.4.